The number of nitrogens with one attached hydrogen (secondary N) is 4. The zero-order valence-corrected chi connectivity index (χ0v) is 60.0. The molecule has 10 atom stereocenters. The number of carbonyl (C=O) groups excluding carboxylic acids is 12. The van der Waals surface area contributed by atoms with Gasteiger partial charge in [-0.05, 0) is 113 Å². The van der Waals surface area contributed by atoms with Gasteiger partial charge in [0.15, 0.2) is 0 Å². The van der Waals surface area contributed by atoms with Crippen LogP contribution in [0.1, 0.15) is 175 Å². The summed E-state index contributed by atoms with van der Waals surface area (Å²) in [4.78, 5) is 187. The number of rotatable bonds is 11. The zero-order valence-electron chi connectivity index (χ0n) is 59.3. The summed E-state index contributed by atoms with van der Waals surface area (Å²) < 4.78 is 41.3. The van der Waals surface area contributed by atoms with Gasteiger partial charge in [-0.15, -0.1) is 0 Å². The third-order valence-corrected chi connectivity index (χ3v) is 21.4. The molecule has 1 aromatic rings. The fraction of sp³-hybridized carbons (Fsp3) is 0.739. The second kappa shape index (κ2) is 34.1. The topological polar surface area (TPSA) is 279 Å². The van der Waals surface area contributed by atoms with Crippen molar-refractivity contribution in [2.75, 3.05) is 69.5 Å². The maximum atomic E-state index is 15.4. The van der Waals surface area contributed by atoms with Crippen LogP contribution in [-0.4, -0.2) is 239 Å². The van der Waals surface area contributed by atoms with Crippen LogP contribution in [0.25, 0.3) is 0 Å². The summed E-state index contributed by atoms with van der Waals surface area (Å²) in [7, 11) is 11.5. The van der Waals surface area contributed by atoms with Crippen LogP contribution in [-0.2, 0) is 70.1 Å². The minimum atomic E-state index is -4.76. The number of amides is 12. The molecule has 2 aliphatic heterocycles. The summed E-state index contributed by atoms with van der Waals surface area (Å²) >= 11 is 6.10. The van der Waals surface area contributed by atoms with Crippen LogP contribution < -0.4 is 21.3 Å². The molecule has 24 nitrogen and oxygen atoms in total. The fourth-order valence-electron chi connectivity index (χ4n) is 14.5. The van der Waals surface area contributed by atoms with E-state index < -0.39 is 172 Å². The highest BCUT2D eigenvalue weighted by molar-refractivity contribution is 6.31. The molecule has 6 rings (SSSR count). The van der Waals surface area contributed by atoms with Crippen LogP contribution >= 0.6 is 11.6 Å². The quantitative estimate of drug-likeness (QED) is 0.224. The standard InChI is InChI=1S/C69H106ClF3N12O12/c1-15-41(4)56-65(95)80(10)43(6)61(91)85-34-31-50(85)64(94)82(12)52(37-44-23-17-16-18-24-44)63(93)79(9)39-54(86)75-49(30-28-45-27-29-47(48(70)36-45)69(71,72)73)59(89)74-42(5)58(88)77-68(32-21-22-33-68)67(97)84(14)57(46-25-19-20-26-46)66(96)83(13)53(62(92)78(7)8)38-55(87)81(11)51(35-40(2)3)60(90)76-56/h27,29,36,40-44,46,49-53,56-57H,15-26,28,30-35,37-39H2,1-14H3,(H,74,89)(H,75,86)(H,76,90)(H,77,88)/t41-,42-,43-,49-,50?,51-,52-,53-,56-,57-/m0/s1. The molecule has 4 N–H and O–H groups in total. The van der Waals surface area contributed by atoms with Gasteiger partial charge in [0.2, 0.25) is 70.9 Å². The SMILES string of the molecule is CC[C@H](C)[C@@H]1NC(=O)[C@H](CC(C)C)N(C)C(=O)C[C@@H](C(=O)N(C)C)N(C)C(=O)[C@H](C2CCCC2)N(C)C(=O)C2(CCCC2)NC(=O)[C@H](C)NC(=O)[C@H](CCc2ccc(C(F)(F)F)c(Cl)c2)NC(=O)CN(C)C(=O)[C@H](CC2CCCCC2)N(C)C(=O)C2CCN2C(=O)[C@H](C)N(C)C1=O. The van der Waals surface area contributed by atoms with Crippen molar-refractivity contribution in [2.24, 2.45) is 23.7 Å². The first-order valence-electron chi connectivity index (χ1n) is 34.6. The molecule has 3 saturated carbocycles. The van der Waals surface area contributed by atoms with Crippen LogP contribution in [0, 0.1) is 23.7 Å². The Labute approximate surface area is 574 Å². The van der Waals surface area contributed by atoms with Crippen molar-refractivity contribution in [1.29, 1.82) is 0 Å². The summed E-state index contributed by atoms with van der Waals surface area (Å²) in [6.07, 6.45) is 3.39. The number of aryl methyl sites for hydroxylation is 1. The molecule has 97 heavy (non-hydrogen) atoms. The molecule has 1 unspecified atom stereocenters. The first kappa shape index (κ1) is 78.9. The largest absolute Gasteiger partial charge is 0.417 e. The number of alkyl halides is 3. The summed E-state index contributed by atoms with van der Waals surface area (Å²) in [5.41, 5.74) is -2.40. The average molecular weight is 1390 g/mol. The summed E-state index contributed by atoms with van der Waals surface area (Å²) in [5.74, 6) is -9.22. The molecule has 2 saturated heterocycles. The molecular weight excluding hydrogens is 1280 g/mol. The van der Waals surface area contributed by atoms with E-state index in [2.05, 4.69) is 21.3 Å². The van der Waals surface area contributed by atoms with Gasteiger partial charge in [-0.3, -0.25) is 57.5 Å². The molecule has 3 aliphatic carbocycles. The van der Waals surface area contributed by atoms with E-state index in [1.165, 1.54) is 111 Å². The number of halogens is 4. The van der Waals surface area contributed by atoms with Gasteiger partial charge in [0.1, 0.15) is 59.9 Å². The Balaban J connectivity index is 1.41. The van der Waals surface area contributed by atoms with Crippen molar-refractivity contribution in [3.63, 3.8) is 0 Å². The van der Waals surface area contributed by atoms with Gasteiger partial charge in [0, 0.05) is 62.9 Å². The predicted octanol–water partition coefficient (Wildman–Crippen LogP) is 5.15. The maximum Gasteiger partial charge on any atom is 0.417 e. The molecule has 0 bridgehead atoms. The second-order valence-corrected chi connectivity index (χ2v) is 29.1. The lowest BCUT2D eigenvalue weighted by molar-refractivity contribution is -0.160. The van der Waals surface area contributed by atoms with Gasteiger partial charge in [0.05, 0.1) is 23.6 Å². The van der Waals surface area contributed by atoms with Crippen LogP contribution in [0.4, 0.5) is 13.2 Å². The summed E-state index contributed by atoms with van der Waals surface area (Å²) in [6.45, 7) is 9.69. The van der Waals surface area contributed by atoms with E-state index in [4.69, 9.17) is 11.6 Å². The highest BCUT2D eigenvalue weighted by Gasteiger charge is 2.51. The molecule has 1 aromatic carbocycles. The smallest absolute Gasteiger partial charge is 0.347 e. The number of likely N-dealkylation sites (N-methyl/N-ethyl adjacent to an activating group) is 7. The molecule has 2 heterocycles. The average Bonchev–Trinajstić information content (AvgIpc) is 1.76. The van der Waals surface area contributed by atoms with Crippen LogP contribution in [0.15, 0.2) is 18.2 Å². The monoisotopic (exact) mass is 1390 g/mol. The van der Waals surface area contributed by atoms with Gasteiger partial charge < -0.3 is 60.5 Å². The number of benzene rings is 1. The number of fused-ring (bicyclic) bond motifs is 1. The van der Waals surface area contributed by atoms with E-state index in [0.29, 0.717) is 32.1 Å². The fourth-order valence-corrected chi connectivity index (χ4v) is 14.8. The number of nitrogens with zero attached hydrogens (tertiary/aromatic N) is 8. The highest BCUT2D eigenvalue weighted by Crippen LogP contribution is 2.38. The van der Waals surface area contributed by atoms with Gasteiger partial charge in [-0.2, -0.15) is 13.2 Å². The molecule has 5 fully saturated rings. The van der Waals surface area contributed by atoms with Crippen molar-refractivity contribution in [3.05, 3.63) is 34.3 Å². The van der Waals surface area contributed by atoms with Gasteiger partial charge in [-0.1, -0.05) is 110 Å². The molecule has 0 aromatic heterocycles. The Bertz CT molecular complexity index is 3050. The molecule has 0 radical (unpaired) electrons. The van der Waals surface area contributed by atoms with Gasteiger partial charge in [-0.25, -0.2) is 0 Å². The third-order valence-electron chi connectivity index (χ3n) is 21.1. The third kappa shape index (κ3) is 19.2. The second-order valence-electron chi connectivity index (χ2n) is 28.7. The maximum absolute atomic E-state index is 15.4. The van der Waals surface area contributed by atoms with Crippen molar-refractivity contribution < 1.29 is 70.7 Å². The molecule has 542 valence electrons. The Morgan fingerprint density at radius 2 is 1.31 bits per heavy atom. The Morgan fingerprint density at radius 1 is 0.691 bits per heavy atom. The molecular formula is C69H106ClF3N12O12. The Kier molecular flexibility index (Phi) is 27.8. The highest BCUT2D eigenvalue weighted by atomic mass is 35.5. The van der Waals surface area contributed by atoms with Crippen LogP contribution in [0.3, 0.4) is 0 Å². The molecule has 28 heteroatoms. The van der Waals surface area contributed by atoms with Crippen LogP contribution in [0.5, 0.6) is 0 Å². The minimum absolute atomic E-state index is 0.0185. The summed E-state index contributed by atoms with van der Waals surface area (Å²) in [6, 6.07) is -8.17. The van der Waals surface area contributed by atoms with Gasteiger partial charge >= 0.3 is 6.18 Å². The van der Waals surface area contributed by atoms with E-state index >= 15 is 9.59 Å². The molecule has 12 amide bonds. The van der Waals surface area contributed by atoms with Gasteiger partial charge in [0.25, 0.3) is 0 Å². The Hall–Kier alpha value is -7.06. The van der Waals surface area contributed by atoms with E-state index in [1.54, 1.807) is 6.92 Å². The zero-order chi connectivity index (χ0) is 72.3. The number of carbonyl (C=O) groups is 12. The first-order valence-corrected chi connectivity index (χ1v) is 35.0. The number of hydrogen-bond donors (Lipinski definition) is 4. The molecule has 1 spiro atoms. The summed E-state index contributed by atoms with van der Waals surface area (Å²) in [5, 5.41) is 10.5. The van der Waals surface area contributed by atoms with E-state index in [0.717, 1.165) is 62.0 Å². The van der Waals surface area contributed by atoms with Crippen LogP contribution in [0.2, 0.25) is 5.02 Å². The van der Waals surface area contributed by atoms with E-state index in [1.807, 2.05) is 20.8 Å². The van der Waals surface area contributed by atoms with Crippen molar-refractivity contribution in [3.8, 4) is 0 Å². The normalized spacial score (nSPS) is 27.6. The van der Waals surface area contributed by atoms with Crippen molar-refractivity contribution >= 4 is 82.5 Å². The Morgan fingerprint density at radius 3 is 1.87 bits per heavy atom. The van der Waals surface area contributed by atoms with Crippen molar-refractivity contribution in [2.45, 2.75) is 236 Å². The van der Waals surface area contributed by atoms with E-state index in [9.17, 15) is 61.1 Å². The minimum Gasteiger partial charge on any atom is -0.347 e. The van der Waals surface area contributed by atoms with E-state index in [-0.39, 0.29) is 68.9 Å². The lowest BCUT2D eigenvalue weighted by atomic mass is 9.84. The predicted molar refractivity (Wildman–Crippen MR) is 357 cm³/mol. The first-order chi connectivity index (χ1) is 45.5. The molecule has 5 aliphatic rings. The number of hydrogen-bond acceptors (Lipinski definition) is 12. The van der Waals surface area contributed by atoms with Crippen molar-refractivity contribution in [1.82, 2.24) is 60.5 Å². The lowest BCUT2D eigenvalue weighted by Gasteiger charge is -2.45. The lowest BCUT2D eigenvalue weighted by Crippen LogP contribution is -2.65.